The number of benzene rings is 1. The first-order valence-electron chi connectivity index (χ1n) is 8.69. The van der Waals surface area contributed by atoms with E-state index in [1.54, 1.807) is 25.2 Å². The number of rotatable bonds is 7. The van der Waals surface area contributed by atoms with Crippen LogP contribution >= 0.6 is 0 Å². The van der Waals surface area contributed by atoms with Gasteiger partial charge in [0.05, 0.1) is 6.26 Å². The van der Waals surface area contributed by atoms with Gasteiger partial charge < -0.3 is 25.4 Å². The molecule has 0 aliphatic rings. The average Bonchev–Trinajstić information content (AvgIpc) is 3.33. The molecule has 0 saturated heterocycles. The standard InChI is InChI=1S/C19H22FN5O2/c1-21-19(24-9-8-22-18(26)17-3-2-10-27-17)23-7-6-13-12-25-16-5-4-14(20)11-15(13)16/h2-5,10-12,25H,6-9H2,1H3,(H,22,26)(H2,21,23,24). The predicted molar refractivity (Wildman–Crippen MR) is 102 cm³/mol. The summed E-state index contributed by atoms with van der Waals surface area (Å²) >= 11 is 0. The van der Waals surface area contributed by atoms with Crippen LogP contribution in [0.2, 0.25) is 0 Å². The Hall–Kier alpha value is -3.29. The van der Waals surface area contributed by atoms with E-state index in [9.17, 15) is 9.18 Å². The van der Waals surface area contributed by atoms with Crippen LogP contribution < -0.4 is 16.0 Å². The number of hydrogen-bond acceptors (Lipinski definition) is 3. The molecule has 0 aliphatic heterocycles. The lowest BCUT2D eigenvalue weighted by Crippen LogP contribution is -2.42. The summed E-state index contributed by atoms with van der Waals surface area (Å²) in [5.41, 5.74) is 1.96. The lowest BCUT2D eigenvalue weighted by Gasteiger charge is -2.12. The number of carbonyl (C=O) groups is 1. The Kier molecular flexibility index (Phi) is 6.09. The molecule has 7 nitrogen and oxygen atoms in total. The highest BCUT2D eigenvalue weighted by Crippen LogP contribution is 2.19. The Bertz CT molecular complexity index is 917. The normalized spacial score (nSPS) is 11.6. The zero-order chi connectivity index (χ0) is 19.1. The largest absolute Gasteiger partial charge is 0.459 e. The second-order valence-corrected chi connectivity index (χ2v) is 5.91. The molecule has 0 unspecified atom stereocenters. The van der Waals surface area contributed by atoms with Crippen LogP contribution in [0.15, 0.2) is 52.2 Å². The molecule has 0 fully saturated rings. The molecule has 3 aromatic rings. The van der Waals surface area contributed by atoms with Gasteiger partial charge in [-0.15, -0.1) is 0 Å². The highest BCUT2D eigenvalue weighted by atomic mass is 19.1. The van der Waals surface area contributed by atoms with Crippen molar-refractivity contribution < 1.29 is 13.6 Å². The van der Waals surface area contributed by atoms with E-state index in [1.165, 1.54) is 18.4 Å². The molecule has 2 aromatic heterocycles. The molecule has 0 atom stereocenters. The van der Waals surface area contributed by atoms with Crippen LogP contribution in [0, 0.1) is 5.82 Å². The molecule has 0 saturated carbocycles. The van der Waals surface area contributed by atoms with Crippen molar-refractivity contribution in [3.05, 3.63) is 59.9 Å². The smallest absolute Gasteiger partial charge is 0.287 e. The maximum absolute atomic E-state index is 13.4. The number of guanidine groups is 1. The Balaban J connectivity index is 1.40. The van der Waals surface area contributed by atoms with Crippen molar-refractivity contribution in [2.75, 3.05) is 26.7 Å². The van der Waals surface area contributed by atoms with E-state index in [2.05, 4.69) is 25.9 Å². The van der Waals surface area contributed by atoms with Gasteiger partial charge in [0, 0.05) is 43.8 Å². The molecule has 4 N–H and O–H groups in total. The van der Waals surface area contributed by atoms with Gasteiger partial charge >= 0.3 is 0 Å². The third-order valence-corrected chi connectivity index (χ3v) is 4.09. The summed E-state index contributed by atoms with van der Waals surface area (Å²) in [4.78, 5) is 19.0. The zero-order valence-electron chi connectivity index (χ0n) is 15.0. The van der Waals surface area contributed by atoms with Gasteiger partial charge in [0.2, 0.25) is 0 Å². The molecule has 0 spiro atoms. The van der Waals surface area contributed by atoms with Gasteiger partial charge in [0.15, 0.2) is 11.7 Å². The molecule has 27 heavy (non-hydrogen) atoms. The van der Waals surface area contributed by atoms with Crippen LogP contribution in [0.4, 0.5) is 4.39 Å². The first kappa shape index (κ1) is 18.5. The quantitative estimate of drug-likeness (QED) is 0.290. The Morgan fingerprint density at radius 2 is 2.00 bits per heavy atom. The summed E-state index contributed by atoms with van der Waals surface area (Å²) in [6.07, 6.45) is 4.08. The summed E-state index contributed by atoms with van der Waals surface area (Å²) in [6.45, 7) is 1.59. The minimum Gasteiger partial charge on any atom is -0.459 e. The van der Waals surface area contributed by atoms with Crippen molar-refractivity contribution in [3.8, 4) is 0 Å². The zero-order valence-corrected chi connectivity index (χ0v) is 15.0. The number of carbonyl (C=O) groups excluding carboxylic acids is 1. The summed E-state index contributed by atoms with van der Waals surface area (Å²) < 4.78 is 18.5. The number of halogens is 1. The van der Waals surface area contributed by atoms with Crippen molar-refractivity contribution in [2.24, 2.45) is 4.99 Å². The molecule has 0 radical (unpaired) electrons. The van der Waals surface area contributed by atoms with E-state index in [1.807, 2.05) is 6.20 Å². The molecule has 1 amide bonds. The molecule has 142 valence electrons. The molecular weight excluding hydrogens is 349 g/mol. The van der Waals surface area contributed by atoms with E-state index < -0.39 is 0 Å². The average molecular weight is 371 g/mol. The van der Waals surface area contributed by atoms with Crippen molar-refractivity contribution in [1.29, 1.82) is 0 Å². The first-order valence-corrected chi connectivity index (χ1v) is 8.69. The number of aromatic nitrogens is 1. The number of furan rings is 1. The molecule has 8 heteroatoms. The van der Waals surface area contributed by atoms with Crippen molar-refractivity contribution >= 4 is 22.8 Å². The van der Waals surface area contributed by atoms with Crippen LogP contribution in [0.25, 0.3) is 10.9 Å². The number of nitrogens with zero attached hydrogens (tertiary/aromatic N) is 1. The first-order chi connectivity index (χ1) is 13.2. The van der Waals surface area contributed by atoms with Gasteiger partial charge in [-0.05, 0) is 42.3 Å². The van der Waals surface area contributed by atoms with Gasteiger partial charge in [-0.3, -0.25) is 9.79 Å². The van der Waals surface area contributed by atoms with Gasteiger partial charge in [-0.25, -0.2) is 4.39 Å². The van der Waals surface area contributed by atoms with Crippen molar-refractivity contribution in [1.82, 2.24) is 20.9 Å². The third kappa shape index (κ3) is 4.87. The Morgan fingerprint density at radius 1 is 1.19 bits per heavy atom. The molecule has 0 aliphatic carbocycles. The molecular formula is C19H22FN5O2. The van der Waals surface area contributed by atoms with E-state index >= 15 is 0 Å². The monoisotopic (exact) mass is 371 g/mol. The van der Waals surface area contributed by atoms with Crippen LogP contribution in [0.1, 0.15) is 16.1 Å². The van der Waals surface area contributed by atoms with Gasteiger partial charge in [0.25, 0.3) is 5.91 Å². The van der Waals surface area contributed by atoms with Crippen LogP contribution in [0.3, 0.4) is 0 Å². The summed E-state index contributed by atoms with van der Waals surface area (Å²) in [5, 5.41) is 9.96. The van der Waals surface area contributed by atoms with Crippen LogP contribution in [-0.4, -0.2) is 43.5 Å². The molecule has 3 rings (SSSR count). The second-order valence-electron chi connectivity index (χ2n) is 5.91. The third-order valence-electron chi connectivity index (χ3n) is 4.09. The summed E-state index contributed by atoms with van der Waals surface area (Å²) in [6, 6.07) is 7.99. The SMILES string of the molecule is CN=C(NCCNC(=O)c1ccco1)NCCc1c[nH]c2ccc(F)cc12. The molecule has 0 bridgehead atoms. The maximum atomic E-state index is 13.4. The van der Waals surface area contributed by atoms with Crippen LogP contribution in [0.5, 0.6) is 0 Å². The van der Waals surface area contributed by atoms with E-state index in [-0.39, 0.29) is 17.5 Å². The lowest BCUT2D eigenvalue weighted by atomic mass is 10.1. The number of nitrogens with one attached hydrogen (secondary N) is 4. The number of hydrogen-bond donors (Lipinski definition) is 4. The van der Waals surface area contributed by atoms with E-state index in [0.717, 1.165) is 22.9 Å². The fraction of sp³-hybridized carbons (Fsp3) is 0.263. The lowest BCUT2D eigenvalue weighted by molar-refractivity contribution is 0.0926. The topological polar surface area (TPSA) is 94.4 Å². The summed E-state index contributed by atoms with van der Waals surface area (Å²) in [7, 11) is 1.68. The highest BCUT2D eigenvalue weighted by Gasteiger charge is 2.07. The molecule has 1 aromatic carbocycles. The van der Waals surface area contributed by atoms with Crippen LogP contribution in [-0.2, 0) is 6.42 Å². The fourth-order valence-electron chi connectivity index (χ4n) is 2.75. The van der Waals surface area contributed by atoms with Gasteiger partial charge in [-0.1, -0.05) is 0 Å². The minimum absolute atomic E-state index is 0.245. The van der Waals surface area contributed by atoms with Gasteiger partial charge in [0.1, 0.15) is 5.82 Å². The summed E-state index contributed by atoms with van der Waals surface area (Å²) in [5.74, 6) is 0.419. The molecule has 2 heterocycles. The minimum atomic E-state index is -0.253. The van der Waals surface area contributed by atoms with Crippen molar-refractivity contribution in [2.45, 2.75) is 6.42 Å². The Labute approximate surface area is 156 Å². The fourth-order valence-corrected chi connectivity index (χ4v) is 2.75. The highest BCUT2D eigenvalue weighted by molar-refractivity contribution is 5.91. The Morgan fingerprint density at radius 3 is 2.78 bits per heavy atom. The number of aromatic amines is 1. The van der Waals surface area contributed by atoms with Crippen molar-refractivity contribution in [3.63, 3.8) is 0 Å². The number of aliphatic imine (C=N–C) groups is 1. The number of H-pyrrole nitrogens is 1. The predicted octanol–water partition coefficient (Wildman–Crippen LogP) is 2.04. The van der Waals surface area contributed by atoms with Gasteiger partial charge in [-0.2, -0.15) is 0 Å². The maximum Gasteiger partial charge on any atom is 0.287 e. The second kappa shape index (κ2) is 8.88. The number of amides is 1. The van der Waals surface area contributed by atoms with E-state index in [4.69, 9.17) is 4.42 Å². The van der Waals surface area contributed by atoms with E-state index in [0.29, 0.717) is 25.6 Å². The number of fused-ring (bicyclic) bond motifs is 1.